The Bertz CT molecular complexity index is 506. The van der Waals surface area contributed by atoms with Crippen LogP contribution in [0.3, 0.4) is 0 Å². The third kappa shape index (κ3) is 5.04. The number of carbonyl (C=O) groups is 1. The van der Waals surface area contributed by atoms with Gasteiger partial charge in [0.2, 0.25) is 5.91 Å². The predicted molar refractivity (Wildman–Crippen MR) is 77.2 cm³/mol. The molecule has 22 heavy (non-hydrogen) atoms. The topological polar surface area (TPSA) is 72.8 Å². The van der Waals surface area contributed by atoms with Crippen molar-refractivity contribution in [3.8, 4) is 0 Å². The molecule has 0 atom stereocenters. The van der Waals surface area contributed by atoms with E-state index in [1.54, 1.807) is 0 Å². The maximum Gasteiger partial charge on any atom is 0.416 e. The zero-order valence-corrected chi connectivity index (χ0v) is 12.3. The smallest absolute Gasteiger partial charge is 0.395 e. The van der Waals surface area contributed by atoms with Crippen LogP contribution >= 0.6 is 11.6 Å². The predicted octanol–water partition coefficient (Wildman–Crippen LogP) is 1.67. The van der Waals surface area contributed by atoms with Crippen LogP contribution in [-0.2, 0) is 11.0 Å². The number of anilines is 2. The van der Waals surface area contributed by atoms with Gasteiger partial charge in [-0.25, -0.2) is 0 Å². The number of benzene rings is 1. The second-order valence-corrected chi connectivity index (χ2v) is 4.61. The number of carbonyl (C=O) groups excluding carboxylic acids is 1. The Labute approximate surface area is 130 Å². The number of amides is 1. The van der Waals surface area contributed by atoms with Crippen molar-refractivity contribution in [2.24, 2.45) is 0 Å². The fraction of sp³-hybridized carbons (Fsp3) is 0.462. The van der Waals surface area contributed by atoms with Crippen LogP contribution in [0.2, 0.25) is 0 Å². The Kier molecular flexibility index (Phi) is 6.92. The highest BCUT2D eigenvalue weighted by Gasteiger charge is 2.31. The summed E-state index contributed by atoms with van der Waals surface area (Å²) in [4.78, 5) is 12.9. The quantitative estimate of drug-likeness (QED) is 0.660. The SMILES string of the molecule is O=C(CCl)Nc1cc(C(F)(F)F)ccc1N(CCO)CCO. The molecule has 0 radical (unpaired) electrons. The highest BCUT2D eigenvalue weighted by Crippen LogP contribution is 2.35. The van der Waals surface area contributed by atoms with Gasteiger partial charge in [0.15, 0.2) is 0 Å². The summed E-state index contributed by atoms with van der Waals surface area (Å²) in [6, 6.07) is 2.84. The van der Waals surface area contributed by atoms with Gasteiger partial charge in [-0.15, -0.1) is 11.6 Å². The molecule has 0 spiro atoms. The average Bonchev–Trinajstić information content (AvgIpc) is 2.46. The van der Waals surface area contributed by atoms with Crippen molar-refractivity contribution in [2.75, 3.05) is 42.4 Å². The minimum Gasteiger partial charge on any atom is -0.395 e. The Morgan fingerprint density at radius 3 is 2.27 bits per heavy atom. The van der Waals surface area contributed by atoms with Crippen LogP contribution in [-0.4, -0.2) is 48.3 Å². The molecule has 0 saturated heterocycles. The van der Waals surface area contributed by atoms with Gasteiger partial charge in [0.05, 0.1) is 30.2 Å². The molecule has 0 heterocycles. The lowest BCUT2D eigenvalue weighted by Gasteiger charge is -2.26. The number of halogens is 4. The highest BCUT2D eigenvalue weighted by atomic mass is 35.5. The molecule has 1 amide bonds. The van der Waals surface area contributed by atoms with Gasteiger partial charge in [0, 0.05) is 13.1 Å². The van der Waals surface area contributed by atoms with Crippen LogP contribution in [0.15, 0.2) is 18.2 Å². The molecule has 9 heteroatoms. The Morgan fingerprint density at radius 2 is 1.82 bits per heavy atom. The van der Waals surface area contributed by atoms with E-state index in [0.717, 1.165) is 12.1 Å². The van der Waals surface area contributed by atoms with Crippen LogP contribution in [0, 0.1) is 0 Å². The number of nitrogens with one attached hydrogen (secondary N) is 1. The molecular formula is C13H16ClF3N2O3. The molecule has 0 aliphatic heterocycles. The molecule has 0 aromatic heterocycles. The van der Waals surface area contributed by atoms with E-state index < -0.39 is 23.5 Å². The van der Waals surface area contributed by atoms with Crippen LogP contribution < -0.4 is 10.2 Å². The third-order valence-corrected chi connectivity index (χ3v) is 3.04. The maximum atomic E-state index is 12.8. The van der Waals surface area contributed by atoms with E-state index in [2.05, 4.69) is 5.32 Å². The molecule has 0 unspecified atom stereocenters. The zero-order chi connectivity index (χ0) is 16.8. The van der Waals surface area contributed by atoms with Crippen LogP contribution in [0.5, 0.6) is 0 Å². The number of rotatable bonds is 7. The van der Waals surface area contributed by atoms with Crippen LogP contribution in [0.25, 0.3) is 0 Å². The minimum atomic E-state index is -4.56. The van der Waals surface area contributed by atoms with E-state index in [4.69, 9.17) is 21.8 Å². The van der Waals surface area contributed by atoms with Crippen molar-refractivity contribution in [2.45, 2.75) is 6.18 Å². The van der Waals surface area contributed by atoms with Gasteiger partial charge in [0.1, 0.15) is 5.88 Å². The maximum absolute atomic E-state index is 12.8. The summed E-state index contributed by atoms with van der Waals surface area (Å²) in [6.45, 7) is -0.334. The number of aliphatic hydroxyl groups excluding tert-OH is 2. The summed E-state index contributed by atoms with van der Waals surface area (Å²) in [6.07, 6.45) is -4.56. The van der Waals surface area contributed by atoms with Crippen molar-refractivity contribution in [3.63, 3.8) is 0 Å². The Hall–Kier alpha value is -1.51. The number of nitrogens with zero attached hydrogens (tertiary/aromatic N) is 1. The first-order valence-electron chi connectivity index (χ1n) is 6.37. The number of hydrogen-bond acceptors (Lipinski definition) is 4. The molecule has 0 saturated carbocycles. The van der Waals surface area contributed by atoms with Gasteiger partial charge in [-0.1, -0.05) is 0 Å². The van der Waals surface area contributed by atoms with E-state index in [-0.39, 0.29) is 37.7 Å². The average molecular weight is 341 g/mol. The van der Waals surface area contributed by atoms with E-state index in [9.17, 15) is 18.0 Å². The number of aliphatic hydroxyl groups is 2. The first kappa shape index (κ1) is 18.5. The van der Waals surface area contributed by atoms with Gasteiger partial charge in [-0.05, 0) is 18.2 Å². The number of alkyl halides is 4. The van der Waals surface area contributed by atoms with E-state index in [1.165, 1.54) is 11.0 Å². The van der Waals surface area contributed by atoms with Crippen molar-refractivity contribution in [1.82, 2.24) is 0 Å². The summed E-state index contributed by atoms with van der Waals surface area (Å²) >= 11 is 5.36. The zero-order valence-electron chi connectivity index (χ0n) is 11.5. The first-order valence-corrected chi connectivity index (χ1v) is 6.90. The lowest BCUT2D eigenvalue weighted by Crippen LogP contribution is -2.31. The molecule has 1 aromatic carbocycles. The van der Waals surface area contributed by atoms with E-state index in [0.29, 0.717) is 0 Å². The monoisotopic (exact) mass is 340 g/mol. The summed E-state index contributed by atoms with van der Waals surface area (Å²) in [5, 5.41) is 20.3. The summed E-state index contributed by atoms with van der Waals surface area (Å²) in [5.74, 6) is -1.06. The normalized spacial score (nSPS) is 11.4. The minimum absolute atomic E-state index is 0.0811. The summed E-state index contributed by atoms with van der Waals surface area (Å²) in [7, 11) is 0. The molecule has 0 fully saturated rings. The van der Waals surface area contributed by atoms with E-state index in [1.807, 2.05) is 0 Å². The van der Waals surface area contributed by atoms with Crippen molar-refractivity contribution in [1.29, 1.82) is 0 Å². The molecule has 3 N–H and O–H groups in total. The number of hydrogen-bond donors (Lipinski definition) is 3. The summed E-state index contributed by atoms with van der Waals surface area (Å²) in [5.41, 5.74) is -0.744. The molecule has 0 bridgehead atoms. The van der Waals surface area contributed by atoms with Crippen LogP contribution in [0.4, 0.5) is 24.5 Å². The molecule has 1 rings (SSSR count). The molecule has 0 aliphatic rings. The lowest BCUT2D eigenvalue weighted by molar-refractivity contribution is -0.137. The molecule has 1 aromatic rings. The second kappa shape index (κ2) is 8.21. The fourth-order valence-electron chi connectivity index (χ4n) is 1.87. The van der Waals surface area contributed by atoms with E-state index >= 15 is 0 Å². The third-order valence-electron chi connectivity index (χ3n) is 2.80. The molecule has 124 valence electrons. The van der Waals surface area contributed by atoms with Gasteiger partial charge < -0.3 is 20.4 Å². The highest BCUT2D eigenvalue weighted by molar-refractivity contribution is 6.29. The summed E-state index contributed by atoms with van der Waals surface area (Å²) < 4.78 is 38.4. The van der Waals surface area contributed by atoms with Crippen molar-refractivity contribution >= 4 is 28.9 Å². The first-order chi connectivity index (χ1) is 10.3. The molecule has 0 aliphatic carbocycles. The molecular weight excluding hydrogens is 325 g/mol. The Morgan fingerprint density at radius 1 is 1.23 bits per heavy atom. The lowest BCUT2D eigenvalue weighted by atomic mass is 10.1. The van der Waals surface area contributed by atoms with Gasteiger partial charge in [-0.3, -0.25) is 4.79 Å². The largest absolute Gasteiger partial charge is 0.416 e. The van der Waals surface area contributed by atoms with Gasteiger partial charge >= 0.3 is 6.18 Å². The van der Waals surface area contributed by atoms with Gasteiger partial charge in [0.25, 0.3) is 0 Å². The fourth-order valence-corrected chi connectivity index (χ4v) is 1.93. The van der Waals surface area contributed by atoms with Crippen molar-refractivity contribution < 1.29 is 28.2 Å². The Balaban J connectivity index is 3.26. The standard InChI is InChI=1S/C13H16ClF3N2O3/c14-8-12(22)18-10-7-9(13(15,16)17)1-2-11(10)19(3-5-20)4-6-21/h1-2,7,20-21H,3-6,8H2,(H,18,22). The van der Waals surface area contributed by atoms with Gasteiger partial charge in [-0.2, -0.15) is 13.2 Å². The molecule has 5 nitrogen and oxygen atoms in total. The van der Waals surface area contributed by atoms with Crippen LogP contribution in [0.1, 0.15) is 5.56 Å². The van der Waals surface area contributed by atoms with Crippen molar-refractivity contribution in [3.05, 3.63) is 23.8 Å². The second-order valence-electron chi connectivity index (χ2n) is 4.35.